The molecular formula is C8H11N3O4. The smallest absolute Gasteiger partial charge is 0.413 e. The van der Waals surface area contributed by atoms with Crippen LogP contribution in [0.2, 0.25) is 0 Å². The molecule has 0 spiro atoms. The lowest BCUT2D eigenvalue weighted by Crippen LogP contribution is -2.14. The molecule has 0 unspecified atom stereocenters. The molecule has 0 aromatic carbocycles. The van der Waals surface area contributed by atoms with Gasteiger partial charge in [0.25, 0.3) is 0 Å². The van der Waals surface area contributed by atoms with E-state index in [0.717, 1.165) is 0 Å². The number of nitrogens with one attached hydrogen (secondary N) is 1. The van der Waals surface area contributed by atoms with Crippen LogP contribution in [-0.2, 0) is 4.74 Å². The Balaban J connectivity index is 2.91. The SMILES string of the molecule is COC(=O)Nc1nc(OC)cc(OC)n1. The lowest BCUT2D eigenvalue weighted by Gasteiger charge is -2.06. The molecule has 1 N–H and O–H groups in total. The summed E-state index contributed by atoms with van der Waals surface area (Å²) in [7, 11) is 4.14. The lowest BCUT2D eigenvalue weighted by atomic mass is 10.6. The molecule has 0 bridgehead atoms. The molecular weight excluding hydrogens is 202 g/mol. The largest absolute Gasteiger partial charge is 0.481 e. The van der Waals surface area contributed by atoms with E-state index >= 15 is 0 Å². The van der Waals surface area contributed by atoms with E-state index in [1.165, 1.54) is 27.4 Å². The molecule has 0 atom stereocenters. The third kappa shape index (κ3) is 2.97. The Hall–Kier alpha value is -2.05. The van der Waals surface area contributed by atoms with Crippen LogP contribution < -0.4 is 14.8 Å². The molecule has 0 saturated carbocycles. The highest BCUT2D eigenvalue weighted by Crippen LogP contribution is 2.17. The fourth-order valence-electron chi connectivity index (χ4n) is 0.811. The van der Waals surface area contributed by atoms with Crippen molar-refractivity contribution in [3.63, 3.8) is 0 Å². The Bertz CT molecular complexity index is 333. The fraction of sp³-hybridized carbons (Fsp3) is 0.375. The second-order valence-corrected chi connectivity index (χ2v) is 2.39. The van der Waals surface area contributed by atoms with Crippen molar-refractivity contribution in [1.82, 2.24) is 9.97 Å². The van der Waals surface area contributed by atoms with Crippen LogP contribution in [-0.4, -0.2) is 37.4 Å². The topological polar surface area (TPSA) is 82.6 Å². The first-order valence-corrected chi connectivity index (χ1v) is 4.01. The summed E-state index contributed by atoms with van der Waals surface area (Å²) in [6.07, 6.45) is -0.662. The van der Waals surface area contributed by atoms with Crippen molar-refractivity contribution in [1.29, 1.82) is 0 Å². The molecule has 0 fully saturated rings. The zero-order chi connectivity index (χ0) is 11.3. The summed E-state index contributed by atoms with van der Waals surface area (Å²) < 4.78 is 14.2. The highest BCUT2D eigenvalue weighted by atomic mass is 16.5. The van der Waals surface area contributed by atoms with E-state index in [1.807, 2.05) is 0 Å². The van der Waals surface area contributed by atoms with Gasteiger partial charge in [0.1, 0.15) is 0 Å². The highest BCUT2D eigenvalue weighted by molar-refractivity contribution is 5.82. The average molecular weight is 213 g/mol. The quantitative estimate of drug-likeness (QED) is 0.794. The van der Waals surface area contributed by atoms with Gasteiger partial charge in [-0.25, -0.2) is 4.79 Å². The number of hydrogen-bond acceptors (Lipinski definition) is 6. The number of aromatic nitrogens is 2. The van der Waals surface area contributed by atoms with Crippen molar-refractivity contribution < 1.29 is 19.0 Å². The summed E-state index contributed by atoms with van der Waals surface area (Å²) in [5, 5.41) is 2.30. The van der Waals surface area contributed by atoms with E-state index in [-0.39, 0.29) is 17.7 Å². The number of rotatable bonds is 3. The van der Waals surface area contributed by atoms with Crippen molar-refractivity contribution in [2.75, 3.05) is 26.6 Å². The molecule has 0 saturated heterocycles. The molecule has 1 rings (SSSR count). The van der Waals surface area contributed by atoms with E-state index in [1.54, 1.807) is 0 Å². The number of nitrogens with zero attached hydrogens (tertiary/aromatic N) is 2. The van der Waals surface area contributed by atoms with E-state index in [2.05, 4.69) is 20.0 Å². The molecule has 1 amide bonds. The number of hydrogen-bond donors (Lipinski definition) is 1. The van der Waals surface area contributed by atoms with Crippen LogP contribution in [0.4, 0.5) is 10.7 Å². The van der Waals surface area contributed by atoms with Crippen LogP contribution in [0, 0.1) is 0 Å². The van der Waals surface area contributed by atoms with Crippen LogP contribution in [0.25, 0.3) is 0 Å². The van der Waals surface area contributed by atoms with E-state index in [0.29, 0.717) is 0 Å². The van der Waals surface area contributed by atoms with Gasteiger partial charge in [-0.1, -0.05) is 0 Å². The Labute approximate surface area is 86.4 Å². The van der Waals surface area contributed by atoms with E-state index < -0.39 is 6.09 Å². The molecule has 0 aliphatic carbocycles. The first-order chi connectivity index (χ1) is 7.19. The maximum absolute atomic E-state index is 10.9. The molecule has 0 radical (unpaired) electrons. The predicted molar refractivity (Wildman–Crippen MR) is 51.2 cm³/mol. The summed E-state index contributed by atoms with van der Waals surface area (Å²) in [6.45, 7) is 0. The third-order valence-electron chi connectivity index (χ3n) is 1.50. The number of carbonyl (C=O) groups excluding carboxylic acids is 1. The van der Waals surface area contributed by atoms with Crippen molar-refractivity contribution in [3.05, 3.63) is 6.07 Å². The van der Waals surface area contributed by atoms with E-state index in [4.69, 9.17) is 9.47 Å². The molecule has 15 heavy (non-hydrogen) atoms. The first-order valence-electron chi connectivity index (χ1n) is 4.01. The van der Waals surface area contributed by atoms with Gasteiger partial charge in [-0.05, 0) is 0 Å². The van der Waals surface area contributed by atoms with E-state index in [9.17, 15) is 4.79 Å². The monoisotopic (exact) mass is 213 g/mol. The third-order valence-corrected chi connectivity index (χ3v) is 1.50. The van der Waals surface area contributed by atoms with Crippen LogP contribution in [0.3, 0.4) is 0 Å². The minimum absolute atomic E-state index is 0.0538. The molecule has 7 heteroatoms. The average Bonchev–Trinajstić information content (AvgIpc) is 2.28. The van der Waals surface area contributed by atoms with Crippen molar-refractivity contribution >= 4 is 12.0 Å². The standard InChI is InChI=1S/C8H11N3O4/c1-13-5-4-6(14-2)10-7(9-5)11-8(12)15-3/h4H,1-3H3,(H,9,10,11,12). The van der Waals surface area contributed by atoms with Crippen LogP contribution in [0.1, 0.15) is 0 Å². The molecule has 1 aromatic rings. The maximum Gasteiger partial charge on any atom is 0.413 e. The fourth-order valence-corrected chi connectivity index (χ4v) is 0.811. The number of carbonyl (C=O) groups is 1. The van der Waals surface area contributed by atoms with Crippen LogP contribution in [0.5, 0.6) is 11.8 Å². The molecule has 0 aliphatic heterocycles. The summed E-state index contributed by atoms with van der Waals surface area (Å²) >= 11 is 0. The van der Waals surface area contributed by atoms with Gasteiger partial charge in [-0.2, -0.15) is 9.97 Å². The Morgan fingerprint density at radius 1 is 1.20 bits per heavy atom. The molecule has 0 aliphatic rings. The number of ether oxygens (including phenoxy) is 3. The summed E-state index contributed by atoms with van der Waals surface area (Å²) in [5.41, 5.74) is 0. The van der Waals surface area contributed by atoms with Gasteiger partial charge in [-0.3, -0.25) is 5.32 Å². The molecule has 1 heterocycles. The Morgan fingerprint density at radius 2 is 1.73 bits per heavy atom. The Morgan fingerprint density at radius 3 is 2.13 bits per heavy atom. The summed E-state index contributed by atoms with van der Waals surface area (Å²) in [4.78, 5) is 18.6. The van der Waals surface area contributed by atoms with Gasteiger partial charge in [0.05, 0.1) is 27.4 Å². The van der Waals surface area contributed by atoms with Crippen LogP contribution >= 0.6 is 0 Å². The zero-order valence-corrected chi connectivity index (χ0v) is 8.60. The van der Waals surface area contributed by atoms with Gasteiger partial charge in [0, 0.05) is 0 Å². The van der Waals surface area contributed by atoms with Gasteiger partial charge in [0.2, 0.25) is 17.7 Å². The van der Waals surface area contributed by atoms with Crippen molar-refractivity contribution in [3.8, 4) is 11.8 Å². The normalized spacial score (nSPS) is 9.27. The zero-order valence-electron chi connectivity index (χ0n) is 8.60. The summed E-state index contributed by atoms with van der Waals surface area (Å²) in [6, 6.07) is 1.49. The Kier molecular flexibility index (Phi) is 3.67. The van der Waals surface area contributed by atoms with Gasteiger partial charge >= 0.3 is 6.09 Å². The van der Waals surface area contributed by atoms with Crippen molar-refractivity contribution in [2.45, 2.75) is 0 Å². The maximum atomic E-state index is 10.9. The predicted octanol–water partition coefficient (Wildman–Crippen LogP) is 0.672. The van der Waals surface area contributed by atoms with Crippen molar-refractivity contribution in [2.24, 2.45) is 0 Å². The minimum Gasteiger partial charge on any atom is -0.481 e. The second kappa shape index (κ2) is 4.99. The minimum atomic E-state index is -0.662. The van der Waals surface area contributed by atoms with Crippen LogP contribution in [0.15, 0.2) is 6.07 Å². The lowest BCUT2D eigenvalue weighted by molar-refractivity contribution is 0.186. The summed E-state index contributed by atoms with van der Waals surface area (Å²) in [5.74, 6) is 0.625. The second-order valence-electron chi connectivity index (χ2n) is 2.39. The van der Waals surface area contributed by atoms with Gasteiger partial charge in [-0.15, -0.1) is 0 Å². The van der Waals surface area contributed by atoms with Gasteiger partial charge in [0.15, 0.2) is 0 Å². The number of methoxy groups -OCH3 is 3. The number of amides is 1. The molecule has 1 aromatic heterocycles. The highest BCUT2D eigenvalue weighted by Gasteiger charge is 2.08. The first kappa shape index (κ1) is 11.0. The molecule has 82 valence electrons. The van der Waals surface area contributed by atoms with Gasteiger partial charge < -0.3 is 14.2 Å². The molecule has 7 nitrogen and oxygen atoms in total. The number of anilines is 1.